The number of rotatable bonds is 62. The normalized spacial score (nSPS) is 13.6. The zero-order chi connectivity index (χ0) is 56.4. The molecule has 0 radical (unpaired) electrons. The summed E-state index contributed by atoms with van der Waals surface area (Å²) in [5, 5.41) is 38.4. The van der Waals surface area contributed by atoms with Crippen LogP contribution >= 0.6 is 0 Å². The molecule has 2 atom stereocenters. The van der Waals surface area contributed by atoms with Crippen molar-refractivity contribution in [1.29, 1.82) is 0 Å². The van der Waals surface area contributed by atoms with Gasteiger partial charge in [0, 0.05) is 19.3 Å². The van der Waals surface area contributed by atoms with E-state index in [9.17, 15) is 24.3 Å². The fourth-order valence-corrected chi connectivity index (χ4v) is 12.0. The highest BCUT2D eigenvalue weighted by Crippen LogP contribution is 2.56. The Kier molecular flexibility index (Phi) is 53.8. The van der Waals surface area contributed by atoms with E-state index in [1.165, 1.54) is 135 Å². The topological polar surface area (TPSA) is 149 Å². The quantitative estimate of drug-likeness (QED) is 0.0347. The molecular formula is C69H124O8. The molecule has 0 heterocycles. The molecule has 0 fully saturated rings. The summed E-state index contributed by atoms with van der Waals surface area (Å²) in [6, 6.07) is 0. The van der Waals surface area contributed by atoms with Gasteiger partial charge in [0.2, 0.25) is 0 Å². The Morgan fingerprint density at radius 1 is 0.273 bits per heavy atom. The van der Waals surface area contributed by atoms with Crippen molar-refractivity contribution in [2.24, 2.45) is 10.8 Å². The van der Waals surface area contributed by atoms with Gasteiger partial charge in [-0.1, -0.05) is 274 Å². The van der Waals surface area contributed by atoms with E-state index in [-0.39, 0.29) is 18.3 Å². The number of allylic oxidation sites excluding steroid dienone is 8. The molecule has 0 spiro atoms. The molecule has 8 nitrogen and oxygen atoms in total. The highest BCUT2D eigenvalue weighted by atomic mass is 16.4. The summed E-state index contributed by atoms with van der Waals surface area (Å²) >= 11 is 0. The maximum atomic E-state index is 14.3. The third kappa shape index (κ3) is 46.3. The van der Waals surface area contributed by atoms with E-state index in [4.69, 9.17) is 15.3 Å². The predicted octanol–water partition coefficient (Wildman–Crippen LogP) is 22.2. The summed E-state index contributed by atoms with van der Waals surface area (Å²) in [7, 11) is 0. The fraction of sp³-hybridized carbons (Fsp3) is 0.826. The standard InChI is InChI=1S/C69H124O8/c1-3-5-6-7-8-9-10-17-24-31-38-45-52-60-68(59-4-2,61-53-46-39-32-25-18-13-11-12-15-21-28-35-42-49-56-64(70)71)69(67(76)77,63-55-48-41-34-27-20-23-30-37-44-51-58-66(74)75)62-54-47-40-33-26-19-14-16-22-29-36-43-50-57-65(72)73/h11-12,17-18,24-25,39,46H,3-10,13-16,19-23,26-38,40-45,47-63H2,1-2H3,(H,70,71)(H,72,73)(H,74,75)(H,76,77). The summed E-state index contributed by atoms with van der Waals surface area (Å²) in [6.07, 6.45) is 74.7. The van der Waals surface area contributed by atoms with Crippen LogP contribution in [0, 0.1) is 10.8 Å². The molecule has 2 unspecified atom stereocenters. The average Bonchev–Trinajstić information content (AvgIpc) is 3.39. The predicted molar refractivity (Wildman–Crippen MR) is 328 cm³/mol. The van der Waals surface area contributed by atoms with Crippen LogP contribution in [0.25, 0.3) is 0 Å². The molecule has 0 aliphatic heterocycles. The lowest BCUT2D eigenvalue weighted by Gasteiger charge is -2.50. The van der Waals surface area contributed by atoms with E-state index >= 15 is 0 Å². The number of hydrogen-bond acceptors (Lipinski definition) is 4. The Labute approximate surface area is 475 Å². The van der Waals surface area contributed by atoms with Crippen LogP contribution in [0.15, 0.2) is 48.6 Å². The minimum Gasteiger partial charge on any atom is -0.481 e. The Hall–Kier alpha value is -3.16. The lowest BCUT2D eigenvalue weighted by atomic mass is 9.53. The molecule has 0 aromatic rings. The molecule has 0 amide bonds. The molecule has 0 aliphatic rings. The maximum absolute atomic E-state index is 14.3. The number of carboxylic acid groups (broad SMARTS) is 4. The molecule has 448 valence electrons. The number of aliphatic carboxylic acids is 4. The maximum Gasteiger partial charge on any atom is 0.310 e. The van der Waals surface area contributed by atoms with Crippen LogP contribution in [0.3, 0.4) is 0 Å². The Morgan fingerprint density at radius 3 is 0.883 bits per heavy atom. The first kappa shape index (κ1) is 73.8. The summed E-state index contributed by atoms with van der Waals surface area (Å²) < 4.78 is 0. The average molecular weight is 1080 g/mol. The van der Waals surface area contributed by atoms with Crippen LogP contribution in [-0.2, 0) is 19.2 Å². The summed E-state index contributed by atoms with van der Waals surface area (Å²) in [4.78, 5) is 46.6. The Bertz CT molecular complexity index is 1480. The lowest BCUT2D eigenvalue weighted by molar-refractivity contribution is -0.164. The third-order valence-electron chi connectivity index (χ3n) is 16.7. The summed E-state index contributed by atoms with van der Waals surface area (Å²) in [5.41, 5.74) is -0.972. The van der Waals surface area contributed by atoms with Gasteiger partial charge in [0.15, 0.2) is 0 Å². The Morgan fingerprint density at radius 2 is 0.545 bits per heavy atom. The second-order valence-electron chi connectivity index (χ2n) is 23.4. The van der Waals surface area contributed by atoms with Crippen LogP contribution in [0.1, 0.15) is 354 Å². The number of hydrogen-bond donors (Lipinski definition) is 4. The second-order valence-corrected chi connectivity index (χ2v) is 23.4. The first-order valence-electron chi connectivity index (χ1n) is 33.1. The minimum absolute atomic E-state index is 0.245. The van der Waals surface area contributed by atoms with Gasteiger partial charge < -0.3 is 20.4 Å². The van der Waals surface area contributed by atoms with Crippen molar-refractivity contribution in [1.82, 2.24) is 0 Å². The lowest BCUT2D eigenvalue weighted by Crippen LogP contribution is -2.48. The van der Waals surface area contributed by atoms with Crippen LogP contribution in [0.2, 0.25) is 0 Å². The molecular weight excluding hydrogens is 957 g/mol. The van der Waals surface area contributed by atoms with Gasteiger partial charge in [-0.05, 0) is 115 Å². The van der Waals surface area contributed by atoms with Gasteiger partial charge in [-0.15, -0.1) is 0 Å². The van der Waals surface area contributed by atoms with Gasteiger partial charge in [-0.2, -0.15) is 0 Å². The van der Waals surface area contributed by atoms with Crippen molar-refractivity contribution in [2.45, 2.75) is 354 Å². The molecule has 0 saturated carbocycles. The molecule has 0 aromatic heterocycles. The zero-order valence-corrected chi connectivity index (χ0v) is 50.5. The Balaban J connectivity index is 5.87. The highest BCUT2D eigenvalue weighted by Gasteiger charge is 2.53. The van der Waals surface area contributed by atoms with Crippen molar-refractivity contribution in [3.8, 4) is 0 Å². The van der Waals surface area contributed by atoms with Crippen LogP contribution in [-0.4, -0.2) is 44.3 Å². The molecule has 0 rings (SSSR count). The number of carbonyl (C=O) groups is 4. The molecule has 0 aromatic carbocycles. The summed E-state index contributed by atoms with van der Waals surface area (Å²) in [6.45, 7) is 4.56. The highest BCUT2D eigenvalue weighted by molar-refractivity contribution is 5.76. The van der Waals surface area contributed by atoms with E-state index in [0.29, 0.717) is 6.42 Å². The summed E-state index contributed by atoms with van der Waals surface area (Å²) in [5.74, 6) is -2.62. The molecule has 0 saturated heterocycles. The molecule has 0 aliphatic carbocycles. The van der Waals surface area contributed by atoms with E-state index in [1.807, 2.05) is 0 Å². The molecule has 4 N–H and O–H groups in total. The van der Waals surface area contributed by atoms with Crippen molar-refractivity contribution in [3.63, 3.8) is 0 Å². The first-order valence-corrected chi connectivity index (χ1v) is 33.1. The van der Waals surface area contributed by atoms with E-state index in [2.05, 4.69) is 62.5 Å². The van der Waals surface area contributed by atoms with Crippen LogP contribution in [0.4, 0.5) is 0 Å². The third-order valence-corrected chi connectivity index (χ3v) is 16.7. The largest absolute Gasteiger partial charge is 0.481 e. The molecule has 8 heteroatoms. The van der Waals surface area contributed by atoms with Crippen LogP contribution in [0.5, 0.6) is 0 Å². The first-order chi connectivity index (χ1) is 37.6. The van der Waals surface area contributed by atoms with Gasteiger partial charge >= 0.3 is 23.9 Å². The van der Waals surface area contributed by atoms with Gasteiger partial charge in [0.25, 0.3) is 0 Å². The molecule has 77 heavy (non-hydrogen) atoms. The van der Waals surface area contributed by atoms with Crippen molar-refractivity contribution in [3.05, 3.63) is 48.6 Å². The smallest absolute Gasteiger partial charge is 0.310 e. The minimum atomic E-state index is -0.727. The van der Waals surface area contributed by atoms with Crippen molar-refractivity contribution >= 4 is 23.9 Å². The number of unbranched alkanes of at least 4 members (excludes halogenated alkanes) is 36. The SMILES string of the molecule is CCCCCCCCC=CCCCCCC(CCC)(CCC=CCC=CCC=CCCCCCCCC(=O)O)C(CCCCCCCCCCCCCCCC(=O)O)(CCCCCCCCCCCCCC(=O)O)C(=O)O. The van der Waals surface area contributed by atoms with Crippen molar-refractivity contribution < 1.29 is 39.6 Å². The van der Waals surface area contributed by atoms with Gasteiger partial charge in [-0.3, -0.25) is 19.2 Å². The van der Waals surface area contributed by atoms with E-state index < -0.39 is 29.3 Å². The molecule has 0 bridgehead atoms. The monoisotopic (exact) mass is 1080 g/mol. The zero-order valence-electron chi connectivity index (χ0n) is 50.5. The number of carboxylic acids is 4. The van der Waals surface area contributed by atoms with E-state index in [1.54, 1.807) is 0 Å². The van der Waals surface area contributed by atoms with Crippen molar-refractivity contribution in [2.75, 3.05) is 0 Å². The second kappa shape index (κ2) is 56.1. The van der Waals surface area contributed by atoms with Crippen LogP contribution < -0.4 is 0 Å². The van der Waals surface area contributed by atoms with E-state index in [0.717, 1.165) is 186 Å². The fourth-order valence-electron chi connectivity index (χ4n) is 12.0. The van der Waals surface area contributed by atoms with Gasteiger partial charge in [0.05, 0.1) is 5.41 Å². The van der Waals surface area contributed by atoms with Gasteiger partial charge in [-0.25, -0.2) is 0 Å². The van der Waals surface area contributed by atoms with Gasteiger partial charge in [0.1, 0.15) is 0 Å².